The van der Waals surface area contributed by atoms with Crippen molar-refractivity contribution >= 4 is 16.0 Å². The van der Waals surface area contributed by atoms with Crippen LogP contribution in [0, 0.1) is 0 Å². The molecule has 1 aliphatic rings. The maximum Gasteiger partial charge on any atom is 0.352 e. The lowest BCUT2D eigenvalue weighted by molar-refractivity contribution is 0.0684. The minimum Gasteiger partial charge on any atom is -0.477 e. The number of alkyl halides is 2. The number of hydrogen-bond acceptors (Lipinski definition) is 3. The predicted octanol–water partition coefficient (Wildman–Crippen LogP) is 1.41. The van der Waals surface area contributed by atoms with Gasteiger partial charge in [-0.25, -0.2) is 22.0 Å². The number of halogens is 2. The van der Waals surface area contributed by atoms with Crippen molar-refractivity contribution in [3.05, 3.63) is 18.0 Å². The molecule has 0 radical (unpaired) electrons. The Morgan fingerprint density at radius 2 is 2.15 bits per heavy atom. The van der Waals surface area contributed by atoms with E-state index in [2.05, 4.69) is 0 Å². The second kappa shape index (κ2) is 5.13. The largest absolute Gasteiger partial charge is 0.477 e. The molecule has 0 aliphatic heterocycles. The molecule has 9 heteroatoms. The number of carboxylic acids is 1. The maximum atomic E-state index is 12.3. The van der Waals surface area contributed by atoms with Crippen LogP contribution in [0.3, 0.4) is 0 Å². The van der Waals surface area contributed by atoms with Crippen LogP contribution >= 0.6 is 0 Å². The van der Waals surface area contributed by atoms with Crippen molar-refractivity contribution in [1.82, 2.24) is 8.87 Å². The lowest BCUT2D eigenvalue weighted by Crippen LogP contribution is -2.31. The third kappa shape index (κ3) is 2.83. The van der Waals surface area contributed by atoms with Gasteiger partial charge in [0.1, 0.15) is 10.6 Å². The van der Waals surface area contributed by atoms with E-state index in [1.54, 1.807) is 0 Å². The van der Waals surface area contributed by atoms with Crippen molar-refractivity contribution in [1.29, 1.82) is 0 Å². The molecular weight excluding hydrogens is 294 g/mol. The first kappa shape index (κ1) is 14.9. The fraction of sp³-hybridized carbons (Fsp3) is 0.545. The fourth-order valence-corrected chi connectivity index (χ4v) is 3.07. The fourth-order valence-electron chi connectivity index (χ4n) is 1.89. The first-order valence-corrected chi connectivity index (χ1v) is 7.37. The van der Waals surface area contributed by atoms with E-state index >= 15 is 0 Å². The summed E-state index contributed by atoms with van der Waals surface area (Å²) in [4.78, 5) is 10.8. The van der Waals surface area contributed by atoms with E-state index in [-0.39, 0.29) is 16.6 Å². The molecule has 1 N–H and O–H groups in total. The number of nitrogens with zero attached hydrogens (tertiary/aromatic N) is 2. The van der Waals surface area contributed by atoms with E-state index in [0.717, 1.165) is 26.0 Å². The lowest BCUT2D eigenvalue weighted by Gasteiger charge is -2.15. The van der Waals surface area contributed by atoms with Gasteiger partial charge in [0.2, 0.25) is 10.0 Å². The molecule has 1 saturated carbocycles. The zero-order valence-corrected chi connectivity index (χ0v) is 11.5. The van der Waals surface area contributed by atoms with Gasteiger partial charge in [0.15, 0.2) is 0 Å². The van der Waals surface area contributed by atoms with E-state index in [1.807, 2.05) is 0 Å². The number of sulfonamides is 1. The number of rotatable bonds is 6. The van der Waals surface area contributed by atoms with Crippen molar-refractivity contribution in [2.45, 2.75) is 30.2 Å². The molecule has 1 heterocycles. The normalized spacial score (nSPS) is 16.1. The Morgan fingerprint density at radius 3 is 2.60 bits per heavy atom. The van der Waals surface area contributed by atoms with Gasteiger partial charge >= 0.3 is 5.97 Å². The Labute approximate surface area is 114 Å². The minimum absolute atomic E-state index is 0.0227. The van der Waals surface area contributed by atoms with E-state index in [9.17, 15) is 22.0 Å². The summed E-state index contributed by atoms with van der Waals surface area (Å²) in [6.45, 7) is -0.931. The average Bonchev–Trinajstić information content (AvgIpc) is 3.06. The van der Waals surface area contributed by atoms with Crippen LogP contribution in [0.1, 0.15) is 29.4 Å². The molecule has 1 aromatic rings. The summed E-state index contributed by atoms with van der Waals surface area (Å²) in [6.07, 6.45) is -0.0274. The highest BCUT2D eigenvalue weighted by Gasteiger charge is 2.32. The Bertz CT molecular complexity index is 622. The van der Waals surface area contributed by atoms with Gasteiger partial charge in [-0.2, -0.15) is 4.31 Å². The predicted molar refractivity (Wildman–Crippen MR) is 65.5 cm³/mol. The number of aromatic nitrogens is 1. The SMILES string of the molecule is CN(CC(F)F)S(=O)(=O)c1cc(C(=O)O)n(C2CC2)c1. The number of carbonyl (C=O) groups is 1. The molecule has 2 rings (SSSR count). The first-order valence-electron chi connectivity index (χ1n) is 5.93. The van der Waals surface area contributed by atoms with Crippen LogP contribution in [-0.4, -0.2) is 48.4 Å². The van der Waals surface area contributed by atoms with E-state index in [0.29, 0.717) is 4.31 Å². The van der Waals surface area contributed by atoms with Gasteiger partial charge in [-0.05, 0) is 18.9 Å². The van der Waals surface area contributed by atoms with Gasteiger partial charge < -0.3 is 9.67 Å². The second-order valence-electron chi connectivity index (χ2n) is 4.68. The van der Waals surface area contributed by atoms with Crippen molar-refractivity contribution in [2.24, 2.45) is 0 Å². The number of aromatic carboxylic acids is 1. The van der Waals surface area contributed by atoms with E-state index < -0.39 is 29.0 Å². The van der Waals surface area contributed by atoms with Gasteiger partial charge in [0.05, 0.1) is 6.54 Å². The molecule has 0 aromatic carbocycles. The quantitative estimate of drug-likeness (QED) is 0.861. The third-order valence-electron chi connectivity index (χ3n) is 3.09. The molecule has 1 aromatic heterocycles. The summed E-state index contributed by atoms with van der Waals surface area (Å²) in [6, 6.07) is 0.989. The molecule has 20 heavy (non-hydrogen) atoms. The smallest absolute Gasteiger partial charge is 0.352 e. The van der Waals surface area contributed by atoms with Crippen LogP contribution in [0.4, 0.5) is 8.78 Å². The molecule has 0 bridgehead atoms. The third-order valence-corrected chi connectivity index (χ3v) is 4.87. The highest BCUT2D eigenvalue weighted by atomic mass is 32.2. The summed E-state index contributed by atoms with van der Waals surface area (Å²) in [7, 11) is -3.07. The topological polar surface area (TPSA) is 79.6 Å². The van der Waals surface area contributed by atoms with Crippen molar-refractivity contribution in [2.75, 3.05) is 13.6 Å². The summed E-state index contributed by atoms with van der Waals surface area (Å²) in [5.41, 5.74) is -0.142. The molecule has 1 aliphatic carbocycles. The Kier molecular flexibility index (Phi) is 3.83. The zero-order valence-electron chi connectivity index (χ0n) is 10.7. The van der Waals surface area contributed by atoms with E-state index in [1.165, 1.54) is 10.8 Å². The van der Waals surface area contributed by atoms with Gasteiger partial charge in [0.25, 0.3) is 6.43 Å². The summed E-state index contributed by atoms with van der Waals surface area (Å²) in [5, 5.41) is 9.06. The Balaban J connectivity index is 2.37. The summed E-state index contributed by atoms with van der Waals surface area (Å²) >= 11 is 0. The van der Waals surface area contributed by atoms with Gasteiger partial charge in [-0.15, -0.1) is 0 Å². The standard InChI is InChI=1S/C11H14F2N2O4S/c1-14(6-10(12)13)20(18,19)8-4-9(11(16)17)15(5-8)7-2-3-7/h4-5,7,10H,2-3,6H2,1H3,(H,16,17). The van der Waals surface area contributed by atoms with Gasteiger partial charge in [-0.3, -0.25) is 0 Å². The zero-order chi connectivity index (χ0) is 15.1. The lowest BCUT2D eigenvalue weighted by atomic mass is 10.4. The second-order valence-corrected chi connectivity index (χ2v) is 6.73. The van der Waals surface area contributed by atoms with Crippen LogP contribution in [0.25, 0.3) is 0 Å². The molecule has 6 nitrogen and oxygen atoms in total. The van der Waals surface area contributed by atoms with Crippen LogP contribution in [0.15, 0.2) is 17.2 Å². The van der Waals surface area contributed by atoms with Gasteiger partial charge in [-0.1, -0.05) is 0 Å². The molecule has 0 spiro atoms. The van der Waals surface area contributed by atoms with Crippen molar-refractivity contribution < 1.29 is 27.1 Å². The monoisotopic (exact) mass is 308 g/mol. The molecule has 1 fully saturated rings. The first-order chi connectivity index (χ1) is 9.23. The maximum absolute atomic E-state index is 12.3. The van der Waals surface area contributed by atoms with Crippen LogP contribution in [-0.2, 0) is 10.0 Å². The Morgan fingerprint density at radius 1 is 1.55 bits per heavy atom. The van der Waals surface area contributed by atoms with Crippen molar-refractivity contribution in [3.8, 4) is 0 Å². The van der Waals surface area contributed by atoms with Crippen LogP contribution < -0.4 is 0 Å². The average molecular weight is 308 g/mol. The minimum atomic E-state index is -4.11. The van der Waals surface area contributed by atoms with Crippen LogP contribution in [0.5, 0.6) is 0 Å². The number of hydrogen-bond donors (Lipinski definition) is 1. The van der Waals surface area contributed by atoms with Crippen molar-refractivity contribution in [3.63, 3.8) is 0 Å². The number of carboxylic acid groups (broad SMARTS) is 1. The highest BCUT2D eigenvalue weighted by molar-refractivity contribution is 7.89. The summed E-state index contributed by atoms with van der Waals surface area (Å²) in [5.74, 6) is -1.24. The Hall–Kier alpha value is -1.48. The van der Waals surface area contributed by atoms with E-state index in [4.69, 9.17) is 5.11 Å². The molecule has 0 saturated heterocycles. The molecule has 0 unspecified atom stereocenters. The van der Waals surface area contributed by atoms with Gasteiger partial charge in [0, 0.05) is 19.3 Å². The highest BCUT2D eigenvalue weighted by Crippen LogP contribution is 2.37. The van der Waals surface area contributed by atoms with Crippen LogP contribution in [0.2, 0.25) is 0 Å². The molecule has 112 valence electrons. The summed E-state index contributed by atoms with van der Waals surface area (Å²) < 4.78 is 50.6. The molecular formula is C11H14F2N2O4S. The molecule has 0 amide bonds. The molecule has 0 atom stereocenters.